The molecule has 5 rings (SSSR count). The van der Waals surface area contributed by atoms with Crippen LogP contribution in [0.1, 0.15) is 107 Å². The van der Waals surface area contributed by atoms with Gasteiger partial charge < -0.3 is 30.4 Å². The predicted molar refractivity (Wildman–Crippen MR) is 173 cm³/mol. The van der Waals surface area contributed by atoms with Gasteiger partial charge >= 0.3 is 11.9 Å². The van der Waals surface area contributed by atoms with Crippen LogP contribution < -0.4 is 11.1 Å². The lowest BCUT2D eigenvalue weighted by Gasteiger charge is -2.71. The summed E-state index contributed by atoms with van der Waals surface area (Å²) in [7, 11) is 0. The van der Waals surface area contributed by atoms with E-state index in [1.165, 1.54) is 12.5 Å². The summed E-state index contributed by atoms with van der Waals surface area (Å²) in [5.74, 6) is -0.415. The molecular weight excluding hydrogens is 570 g/mol. The van der Waals surface area contributed by atoms with E-state index in [1.807, 2.05) is 6.92 Å². The number of carbonyl (C=O) groups is 2. The lowest BCUT2D eigenvalue weighted by atomic mass is 9.34. The molecule has 254 valence electrons. The third kappa shape index (κ3) is 4.96. The van der Waals surface area contributed by atoms with Crippen LogP contribution in [-0.4, -0.2) is 54.7 Å². The number of nitrogens with one attached hydrogen (secondary N) is 2. The molecule has 9 nitrogen and oxygen atoms in total. The Bertz CT molecular complexity index is 1240. The van der Waals surface area contributed by atoms with E-state index in [0.29, 0.717) is 32.0 Å². The van der Waals surface area contributed by atoms with Crippen LogP contribution in [0, 0.1) is 62.1 Å². The van der Waals surface area contributed by atoms with Gasteiger partial charge in [0.05, 0.1) is 19.1 Å². The number of ether oxygens (including phenoxy) is 3. The van der Waals surface area contributed by atoms with Crippen molar-refractivity contribution in [3.63, 3.8) is 0 Å². The van der Waals surface area contributed by atoms with E-state index in [-0.39, 0.29) is 45.9 Å². The number of fused-ring (bicyclic) bond motifs is 3. The number of esters is 1. The summed E-state index contributed by atoms with van der Waals surface area (Å²) in [5.41, 5.74) is 5.47. The van der Waals surface area contributed by atoms with E-state index in [9.17, 15) is 14.7 Å². The van der Waals surface area contributed by atoms with Crippen LogP contribution >= 0.6 is 0 Å². The van der Waals surface area contributed by atoms with Gasteiger partial charge in [-0.2, -0.15) is 0 Å². The second-order valence-electron chi connectivity index (χ2n) is 16.7. The molecule has 2 bridgehead atoms. The second kappa shape index (κ2) is 11.5. The number of hydrogen-bond donors (Lipinski definition) is 4. The fraction of sp³-hybridized carbons (Fsp3) is 0.861. The van der Waals surface area contributed by atoms with Crippen molar-refractivity contribution >= 4 is 17.9 Å². The first-order valence-corrected chi connectivity index (χ1v) is 17.4. The van der Waals surface area contributed by atoms with Gasteiger partial charge in [-0.3, -0.25) is 15.0 Å². The van der Waals surface area contributed by atoms with Crippen molar-refractivity contribution in [3.05, 3.63) is 11.6 Å². The van der Waals surface area contributed by atoms with Crippen molar-refractivity contribution in [1.82, 2.24) is 5.32 Å². The average molecular weight is 630 g/mol. The number of hydrogen-bond acceptors (Lipinski definition) is 6. The molecular formula is C36H59N3O6. The predicted octanol–water partition coefficient (Wildman–Crippen LogP) is 6.11. The van der Waals surface area contributed by atoms with Crippen LogP contribution in [0.3, 0.4) is 0 Å². The Hall–Kier alpha value is -2.13. The maximum Gasteiger partial charge on any atom is 0.307 e. The summed E-state index contributed by atoms with van der Waals surface area (Å²) in [5, 5.41) is 21.7. The third-order valence-corrected chi connectivity index (χ3v) is 14.4. The largest absolute Gasteiger partial charge is 0.481 e. The maximum atomic E-state index is 13.3. The van der Waals surface area contributed by atoms with E-state index < -0.39 is 41.2 Å². The Morgan fingerprint density at radius 2 is 1.82 bits per heavy atom. The van der Waals surface area contributed by atoms with Gasteiger partial charge in [-0.05, 0) is 84.9 Å². The molecule has 9 heteroatoms. The van der Waals surface area contributed by atoms with Gasteiger partial charge in [0.15, 0.2) is 5.96 Å². The topological polar surface area (TPSA) is 144 Å². The molecule has 12 atom stereocenters. The molecule has 0 amide bonds. The van der Waals surface area contributed by atoms with E-state index in [1.54, 1.807) is 0 Å². The summed E-state index contributed by atoms with van der Waals surface area (Å²) in [6.07, 6.45) is 6.81. The van der Waals surface area contributed by atoms with E-state index in [4.69, 9.17) is 25.4 Å². The van der Waals surface area contributed by atoms with E-state index in [0.717, 1.165) is 32.1 Å². The van der Waals surface area contributed by atoms with Crippen molar-refractivity contribution < 1.29 is 28.9 Å². The molecule has 1 aliphatic heterocycles. The number of carboxylic acid groups (broad SMARTS) is 1. The normalized spacial score (nSPS) is 45.2. The Labute approximate surface area is 270 Å². The van der Waals surface area contributed by atoms with Crippen molar-refractivity contribution in [2.75, 3.05) is 13.2 Å². The number of rotatable bonds is 8. The molecule has 1 saturated heterocycles. The minimum absolute atomic E-state index is 0.156. The molecule has 45 heavy (non-hydrogen) atoms. The van der Waals surface area contributed by atoms with Crippen LogP contribution in [0.4, 0.5) is 0 Å². The smallest absolute Gasteiger partial charge is 0.307 e. The maximum absolute atomic E-state index is 13.3. The molecule has 5 aliphatic rings. The average Bonchev–Trinajstić information content (AvgIpc) is 2.93. The second-order valence-corrected chi connectivity index (χ2v) is 16.7. The van der Waals surface area contributed by atoms with E-state index in [2.05, 4.69) is 59.9 Å². The summed E-state index contributed by atoms with van der Waals surface area (Å²) in [6.45, 7) is 20.3. The SMILES string of the molecule is CCC(NC(=N)N)O[C@H]1[C@H](OC(C)=O)C[C@]23COC[C@]1(C)[C@@H]2CC[C@H]1C3=CC[C@@]2(C)[C@H](C(=O)O)[C@@](C)([C@H](C)C(C)C)CC[C@]12C. The quantitative estimate of drug-likeness (QED) is 0.0828. The summed E-state index contributed by atoms with van der Waals surface area (Å²) in [4.78, 5) is 25.9. The number of nitrogens with two attached hydrogens (primary N) is 1. The van der Waals surface area contributed by atoms with Crippen molar-refractivity contribution in [1.29, 1.82) is 5.41 Å². The van der Waals surface area contributed by atoms with Gasteiger partial charge in [-0.15, -0.1) is 0 Å². The molecule has 0 radical (unpaired) electrons. The molecule has 1 unspecified atom stereocenters. The first-order chi connectivity index (χ1) is 20.9. The zero-order valence-corrected chi connectivity index (χ0v) is 29.1. The molecule has 4 fully saturated rings. The van der Waals surface area contributed by atoms with Crippen molar-refractivity contribution in [2.24, 2.45) is 62.4 Å². The molecule has 0 aromatic carbocycles. The van der Waals surface area contributed by atoms with Gasteiger partial charge in [-0.1, -0.05) is 67.0 Å². The van der Waals surface area contributed by atoms with Gasteiger partial charge in [-0.25, -0.2) is 0 Å². The Balaban J connectivity index is 1.59. The Kier molecular flexibility index (Phi) is 8.77. The van der Waals surface area contributed by atoms with Gasteiger partial charge in [0.25, 0.3) is 0 Å². The first kappa shape index (κ1) is 34.2. The fourth-order valence-corrected chi connectivity index (χ4v) is 11.7. The molecule has 0 aromatic heterocycles. The van der Waals surface area contributed by atoms with Crippen LogP contribution in [0.25, 0.3) is 0 Å². The number of carboxylic acids is 1. The van der Waals surface area contributed by atoms with Gasteiger partial charge in [0, 0.05) is 17.8 Å². The number of guanidine groups is 1. The van der Waals surface area contributed by atoms with Crippen LogP contribution in [0.15, 0.2) is 11.6 Å². The highest BCUT2D eigenvalue weighted by molar-refractivity contribution is 5.74. The summed E-state index contributed by atoms with van der Waals surface area (Å²) >= 11 is 0. The molecule has 5 N–H and O–H groups in total. The third-order valence-electron chi connectivity index (χ3n) is 14.4. The van der Waals surface area contributed by atoms with Gasteiger partial charge in [0.1, 0.15) is 18.4 Å². The standard InChI is InChI=1S/C36H59N3O6/c1-10-27(39-31(37)38)45-29-25(44-22(5)40)17-36-19-43-18-33(29,7)26(36)12-11-23-24(36)13-14-35(9)28(30(41)42)32(6,21(4)20(2)3)15-16-34(23,35)8/h13,20-21,23,25-29H,10-12,14-19H2,1-9H3,(H,41,42)(H4,37,38,39)/t21-,23+,25-,26+,27?,28-,29+,32-,33-,34-,35+,36-/m1/s1. The molecule has 4 aliphatic carbocycles. The van der Waals surface area contributed by atoms with Crippen LogP contribution in [0.2, 0.25) is 0 Å². The highest BCUT2D eigenvalue weighted by atomic mass is 16.6. The van der Waals surface area contributed by atoms with Crippen molar-refractivity contribution in [2.45, 2.75) is 126 Å². The van der Waals surface area contributed by atoms with Gasteiger partial charge in [0.2, 0.25) is 0 Å². The minimum Gasteiger partial charge on any atom is -0.481 e. The Morgan fingerprint density at radius 3 is 2.40 bits per heavy atom. The highest BCUT2D eigenvalue weighted by Crippen LogP contribution is 2.75. The molecule has 0 spiro atoms. The molecule has 0 aromatic rings. The zero-order chi connectivity index (χ0) is 33.3. The Morgan fingerprint density at radius 1 is 1.13 bits per heavy atom. The number of allylic oxidation sites excluding steroid dienone is 1. The number of aliphatic carboxylic acids is 1. The lowest BCUT2D eigenvalue weighted by Crippen LogP contribution is -2.70. The lowest BCUT2D eigenvalue weighted by molar-refractivity contribution is -0.275. The molecule has 1 heterocycles. The fourth-order valence-electron chi connectivity index (χ4n) is 11.7. The molecule has 3 saturated carbocycles. The summed E-state index contributed by atoms with van der Waals surface area (Å²) < 4.78 is 19.3. The van der Waals surface area contributed by atoms with Crippen LogP contribution in [-0.2, 0) is 23.8 Å². The minimum atomic E-state index is -0.659. The number of carbonyl (C=O) groups excluding carboxylic acids is 1. The van der Waals surface area contributed by atoms with Crippen LogP contribution in [0.5, 0.6) is 0 Å². The first-order valence-electron chi connectivity index (χ1n) is 17.4. The van der Waals surface area contributed by atoms with Crippen molar-refractivity contribution in [3.8, 4) is 0 Å². The monoisotopic (exact) mass is 629 g/mol. The highest BCUT2D eigenvalue weighted by Gasteiger charge is 2.72. The van der Waals surface area contributed by atoms with E-state index >= 15 is 0 Å². The zero-order valence-electron chi connectivity index (χ0n) is 29.1. The summed E-state index contributed by atoms with van der Waals surface area (Å²) in [6, 6.07) is 0.